The summed E-state index contributed by atoms with van der Waals surface area (Å²) in [5, 5.41) is 10.2. The van der Waals surface area contributed by atoms with E-state index in [4.69, 9.17) is 0 Å². The summed E-state index contributed by atoms with van der Waals surface area (Å²) in [5.74, 6) is 0. The molecule has 1 aromatic rings. The smallest absolute Gasteiger partial charge is 0.0792 e. The number of hydrogen-bond donors (Lipinski definition) is 1. The molecule has 120 valence electrons. The summed E-state index contributed by atoms with van der Waals surface area (Å²) >= 11 is 0. The van der Waals surface area contributed by atoms with Crippen LogP contribution in [0.2, 0.25) is 0 Å². The SMILES string of the molecule is CCCCCCCCCCCCC(O)c1ccccc1C. The lowest BCUT2D eigenvalue weighted by molar-refractivity contribution is 0.162. The molecule has 0 spiro atoms. The fourth-order valence-electron chi connectivity index (χ4n) is 2.94. The van der Waals surface area contributed by atoms with Gasteiger partial charge in [-0.05, 0) is 24.5 Å². The average Bonchev–Trinajstić information content (AvgIpc) is 2.49. The molecule has 0 amide bonds. The molecule has 0 aromatic heterocycles. The summed E-state index contributed by atoms with van der Waals surface area (Å²) in [6, 6.07) is 8.18. The summed E-state index contributed by atoms with van der Waals surface area (Å²) in [6.07, 6.45) is 14.1. The van der Waals surface area contributed by atoms with Crippen LogP contribution < -0.4 is 0 Å². The number of aryl methyl sites for hydroxylation is 1. The van der Waals surface area contributed by atoms with Crippen LogP contribution in [0.1, 0.15) is 94.8 Å². The first-order chi connectivity index (χ1) is 10.3. The Morgan fingerprint density at radius 2 is 1.33 bits per heavy atom. The largest absolute Gasteiger partial charge is 0.388 e. The molecule has 0 radical (unpaired) electrons. The Balaban J connectivity index is 1.98. The van der Waals surface area contributed by atoms with Crippen molar-refractivity contribution < 1.29 is 5.11 Å². The summed E-state index contributed by atoms with van der Waals surface area (Å²) < 4.78 is 0. The third kappa shape index (κ3) is 8.26. The normalized spacial score (nSPS) is 12.5. The Hall–Kier alpha value is -0.820. The minimum atomic E-state index is -0.278. The number of hydrogen-bond acceptors (Lipinski definition) is 1. The van der Waals surface area contributed by atoms with E-state index in [9.17, 15) is 5.11 Å². The second-order valence-electron chi connectivity index (χ2n) is 6.34. The quantitative estimate of drug-likeness (QED) is 0.445. The molecule has 0 bridgehead atoms. The van der Waals surface area contributed by atoms with Gasteiger partial charge in [-0.15, -0.1) is 0 Å². The average molecular weight is 290 g/mol. The lowest BCUT2D eigenvalue weighted by Crippen LogP contribution is -1.99. The van der Waals surface area contributed by atoms with Crippen LogP contribution in [0.15, 0.2) is 24.3 Å². The van der Waals surface area contributed by atoms with Gasteiger partial charge in [0.25, 0.3) is 0 Å². The topological polar surface area (TPSA) is 20.2 Å². The van der Waals surface area contributed by atoms with Gasteiger partial charge in [-0.3, -0.25) is 0 Å². The Labute approximate surface area is 131 Å². The van der Waals surface area contributed by atoms with Gasteiger partial charge < -0.3 is 5.11 Å². The lowest BCUT2D eigenvalue weighted by atomic mass is 9.98. The Kier molecular flexibility index (Phi) is 10.2. The summed E-state index contributed by atoms with van der Waals surface area (Å²) in [4.78, 5) is 0. The molecule has 1 atom stereocenters. The maximum absolute atomic E-state index is 10.2. The van der Waals surface area contributed by atoms with E-state index in [2.05, 4.69) is 26.0 Å². The zero-order chi connectivity index (χ0) is 15.3. The molecule has 0 aliphatic heterocycles. The van der Waals surface area contributed by atoms with Crippen molar-refractivity contribution >= 4 is 0 Å². The third-order valence-electron chi connectivity index (χ3n) is 4.38. The van der Waals surface area contributed by atoms with E-state index in [0.717, 1.165) is 18.4 Å². The van der Waals surface area contributed by atoms with E-state index in [1.165, 1.54) is 63.4 Å². The minimum absolute atomic E-state index is 0.278. The highest BCUT2D eigenvalue weighted by atomic mass is 16.3. The molecule has 21 heavy (non-hydrogen) atoms. The number of aliphatic hydroxyl groups is 1. The van der Waals surface area contributed by atoms with E-state index in [-0.39, 0.29) is 6.10 Å². The molecule has 0 saturated heterocycles. The number of aliphatic hydroxyl groups excluding tert-OH is 1. The zero-order valence-corrected chi connectivity index (χ0v) is 14.1. The van der Waals surface area contributed by atoms with Crippen molar-refractivity contribution in [1.29, 1.82) is 0 Å². The molecular formula is C20H34O. The van der Waals surface area contributed by atoms with Gasteiger partial charge in [-0.1, -0.05) is 95.4 Å². The van der Waals surface area contributed by atoms with E-state index in [1.54, 1.807) is 0 Å². The molecule has 1 unspecified atom stereocenters. The summed E-state index contributed by atoms with van der Waals surface area (Å²) in [7, 11) is 0. The number of rotatable bonds is 12. The van der Waals surface area contributed by atoms with Crippen LogP contribution >= 0.6 is 0 Å². The van der Waals surface area contributed by atoms with Gasteiger partial charge in [0.15, 0.2) is 0 Å². The fraction of sp³-hybridized carbons (Fsp3) is 0.700. The van der Waals surface area contributed by atoms with Crippen LogP contribution in [-0.2, 0) is 0 Å². The molecule has 1 rings (SSSR count). The molecular weight excluding hydrogens is 256 g/mol. The molecule has 1 nitrogen and oxygen atoms in total. The molecule has 0 aliphatic rings. The number of benzene rings is 1. The van der Waals surface area contributed by atoms with Crippen LogP contribution in [0.25, 0.3) is 0 Å². The highest BCUT2D eigenvalue weighted by Crippen LogP contribution is 2.23. The summed E-state index contributed by atoms with van der Waals surface area (Å²) in [6.45, 7) is 4.35. The van der Waals surface area contributed by atoms with Crippen LogP contribution in [0.4, 0.5) is 0 Å². The highest BCUT2D eigenvalue weighted by Gasteiger charge is 2.08. The molecule has 0 heterocycles. The van der Waals surface area contributed by atoms with Crippen LogP contribution in [0, 0.1) is 6.92 Å². The Morgan fingerprint density at radius 3 is 1.90 bits per heavy atom. The fourth-order valence-corrected chi connectivity index (χ4v) is 2.94. The van der Waals surface area contributed by atoms with Crippen molar-refractivity contribution in [2.45, 2.75) is 90.6 Å². The molecule has 0 fully saturated rings. The van der Waals surface area contributed by atoms with E-state index < -0.39 is 0 Å². The molecule has 1 heteroatoms. The van der Waals surface area contributed by atoms with Gasteiger partial charge in [0.05, 0.1) is 6.10 Å². The van der Waals surface area contributed by atoms with Crippen molar-refractivity contribution in [2.24, 2.45) is 0 Å². The Bertz CT molecular complexity index is 359. The number of unbranched alkanes of at least 4 members (excludes halogenated alkanes) is 9. The standard InChI is InChI=1S/C20H34O/c1-3-4-5-6-7-8-9-10-11-12-17-20(21)19-16-14-13-15-18(19)2/h13-16,20-21H,3-12,17H2,1-2H3. The van der Waals surface area contributed by atoms with Crippen LogP contribution in [0.5, 0.6) is 0 Å². The van der Waals surface area contributed by atoms with Crippen LogP contribution in [0.3, 0.4) is 0 Å². The monoisotopic (exact) mass is 290 g/mol. The second-order valence-corrected chi connectivity index (χ2v) is 6.34. The third-order valence-corrected chi connectivity index (χ3v) is 4.38. The van der Waals surface area contributed by atoms with Gasteiger partial charge in [-0.25, -0.2) is 0 Å². The maximum Gasteiger partial charge on any atom is 0.0792 e. The predicted octanol–water partition coefficient (Wildman–Crippen LogP) is 6.34. The zero-order valence-electron chi connectivity index (χ0n) is 14.1. The highest BCUT2D eigenvalue weighted by molar-refractivity contribution is 5.27. The Morgan fingerprint density at radius 1 is 0.810 bits per heavy atom. The van der Waals surface area contributed by atoms with Crippen molar-refractivity contribution in [3.05, 3.63) is 35.4 Å². The van der Waals surface area contributed by atoms with Gasteiger partial charge in [0.1, 0.15) is 0 Å². The molecule has 1 aromatic carbocycles. The van der Waals surface area contributed by atoms with E-state index >= 15 is 0 Å². The maximum atomic E-state index is 10.2. The van der Waals surface area contributed by atoms with Gasteiger partial charge in [0, 0.05) is 0 Å². The molecule has 0 saturated carbocycles. The van der Waals surface area contributed by atoms with E-state index in [0.29, 0.717) is 0 Å². The van der Waals surface area contributed by atoms with Crippen molar-refractivity contribution in [3.63, 3.8) is 0 Å². The molecule has 1 N–H and O–H groups in total. The van der Waals surface area contributed by atoms with Gasteiger partial charge in [0.2, 0.25) is 0 Å². The second kappa shape index (κ2) is 11.8. The van der Waals surface area contributed by atoms with Crippen molar-refractivity contribution in [1.82, 2.24) is 0 Å². The predicted molar refractivity (Wildman–Crippen MR) is 92.6 cm³/mol. The van der Waals surface area contributed by atoms with Crippen molar-refractivity contribution in [3.8, 4) is 0 Å². The summed E-state index contributed by atoms with van der Waals surface area (Å²) in [5.41, 5.74) is 2.31. The first kappa shape index (κ1) is 18.2. The van der Waals surface area contributed by atoms with Gasteiger partial charge >= 0.3 is 0 Å². The first-order valence-corrected chi connectivity index (χ1v) is 8.99. The van der Waals surface area contributed by atoms with Crippen molar-refractivity contribution in [2.75, 3.05) is 0 Å². The lowest BCUT2D eigenvalue weighted by Gasteiger charge is -2.13. The van der Waals surface area contributed by atoms with Gasteiger partial charge in [-0.2, -0.15) is 0 Å². The minimum Gasteiger partial charge on any atom is -0.388 e. The first-order valence-electron chi connectivity index (χ1n) is 8.99. The van der Waals surface area contributed by atoms with E-state index in [1.807, 2.05) is 12.1 Å². The van der Waals surface area contributed by atoms with Crippen LogP contribution in [-0.4, -0.2) is 5.11 Å². The molecule has 0 aliphatic carbocycles.